The van der Waals surface area contributed by atoms with Gasteiger partial charge in [0.25, 0.3) is 5.56 Å². The molecule has 1 unspecified atom stereocenters. The van der Waals surface area contributed by atoms with Crippen LogP contribution in [0.25, 0.3) is 0 Å². The Morgan fingerprint density at radius 3 is 2.42 bits per heavy atom. The van der Waals surface area contributed by atoms with E-state index < -0.39 is 23.1 Å². The van der Waals surface area contributed by atoms with E-state index in [2.05, 4.69) is 4.98 Å². The summed E-state index contributed by atoms with van der Waals surface area (Å²) in [5, 5.41) is 0. The van der Waals surface area contributed by atoms with E-state index in [1.165, 1.54) is 11.6 Å². The number of hydrogen-bond acceptors (Lipinski definition) is 5. The van der Waals surface area contributed by atoms with Gasteiger partial charge in [0.15, 0.2) is 5.69 Å². The molecule has 3 N–H and O–H groups in total. The number of aromatic amines is 1. The maximum absolute atomic E-state index is 13.2. The van der Waals surface area contributed by atoms with Gasteiger partial charge in [0.05, 0.1) is 12.5 Å². The highest BCUT2D eigenvalue weighted by atomic mass is 16.2. The van der Waals surface area contributed by atoms with Gasteiger partial charge in [-0.05, 0) is 24.6 Å². The topological polar surface area (TPSA) is 122 Å². The molecular formula is C24H25N5O4. The SMILES string of the molecule is Cc1ccc(N2CC(C(=O)N(C)c3c(N)n(Cc4ccccc4)c(=O)[nH]c3=O)CC2=O)cc1. The standard InChI is InChI=1S/C24H25N5O4/c1-15-8-10-18(11-9-15)28-14-17(12-19(28)30)23(32)27(2)20-21(25)29(24(33)26-22(20)31)13-16-6-4-3-5-7-16/h3-11,17H,12-14,25H2,1-2H3,(H,26,31,33). The van der Waals surface area contributed by atoms with Crippen molar-refractivity contribution >= 4 is 29.0 Å². The first-order valence-corrected chi connectivity index (χ1v) is 10.6. The summed E-state index contributed by atoms with van der Waals surface area (Å²) in [5.41, 5.74) is 7.28. The smallest absolute Gasteiger partial charge is 0.330 e. The monoisotopic (exact) mass is 447 g/mol. The first-order chi connectivity index (χ1) is 15.8. The normalized spacial score (nSPS) is 15.6. The van der Waals surface area contributed by atoms with Gasteiger partial charge in [-0.2, -0.15) is 0 Å². The summed E-state index contributed by atoms with van der Waals surface area (Å²) in [7, 11) is 1.43. The molecule has 2 heterocycles. The lowest BCUT2D eigenvalue weighted by Crippen LogP contribution is -2.42. The quantitative estimate of drug-likeness (QED) is 0.614. The van der Waals surface area contributed by atoms with Crippen LogP contribution in [0.3, 0.4) is 0 Å². The summed E-state index contributed by atoms with van der Waals surface area (Å²) in [6.45, 7) is 2.29. The van der Waals surface area contributed by atoms with Crippen molar-refractivity contribution in [2.45, 2.75) is 19.9 Å². The number of H-pyrrole nitrogens is 1. The maximum Gasteiger partial charge on any atom is 0.330 e. The van der Waals surface area contributed by atoms with Crippen LogP contribution < -0.4 is 26.8 Å². The Balaban J connectivity index is 1.60. The Labute approximate surface area is 190 Å². The van der Waals surface area contributed by atoms with Gasteiger partial charge in [0.1, 0.15) is 5.82 Å². The van der Waals surface area contributed by atoms with Crippen LogP contribution in [0.15, 0.2) is 64.2 Å². The van der Waals surface area contributed by atoms with Crippen LogP contribution in [-0.2, 0) is 16.1 Å². The molecule has 0 spiro atoms. The van der Waals surface area contributed by atoms with E-state index in [-0.39, 0.29) is 36.9 Å². The lowest BCUT2D eigenvalue weighted by atomic mass is 10.1. The van der Waals surface area contributed by atoms with Crippen LogP contribution >= 0.6 is 0 Å². The number of hydrogen-bond donors (Lipinski definition) is 2. The van der Waals surface area contributed by atoms with Crippen molar-refractivity contribution in [3.63, 3.8) is 0 Å². The number of aromatic nitrogens is 2. The molecule has 170 valence electrons. The van der Waals surface area contributed by atoms with Crippen molar-refractivity contribution in [1.82, 2.24) is 9.55 Å². The minimum Gasteiger partial charge on any atom is -0.383 e. The predicted octanol–water partition coefficient (Wildman–Crippen LogP) is 1.49. The Kier molecular flexibility index (Phi) is 5.87. The van der Waals surface area contributed by atoms with Gasteiger partial charge in [-0.1, -0.05) is 48.0 Å². The molecule has 3 aromatic rings. The molecule has 1 fully saturated rings. The van der Waals surface area contributed by atoms with E-state index in [9.17, 15) is 19.2 Å². The van der Waals surface area contributed by atoms with Gasteiger partial charge < -0.3 is 15.5 Å². The van der Waals surface area contributed by atoms with Crippen molar-refractivity contribution in [2.75, 3.05) is 29.1 Å². The molecule has 1 atom stereocenters. The highest BCUT2D eigenvalue weighted by Gasteiger charge is 2.37. The summed E-state index contributed by atoms with van der Waals surface area (Å²) in [5.74, 6) is -1.33. The number of anilines is 3. The molecule has 1 aromatic heterocycles. The van der Waals surface area contributed by atoms with Gasteiger partial charge in [-0.3, -0.25) is 23.9 Å². The number of benzene rings is 2. The second kappa shape index (κ2) is 8.78. The fraction of sp³-hybridized carbons (Fsp3) is 0.250. The first kappa shape index (κ1) is 22.1. The van der Waals surface area contributed by atoms with Crippen molar-refractivity contribution < 1.29 is 9.59 Å². The summed E-state index contributed by atoms with van der Waals surface area (Å²) in [4.78, 5) is 55.8. The van der Waals surface area contributed by atoms with Gasteiger partial charge in [0.2, 0.25) is 11.8 Å². The van der Waals surface area contributed by atoms with E-state index in [1.807, 2.05) is 61.5 Å². The number of nitrogen functional groups attached to an aromatic ring is 1. The molecule has 2 aromatic carbocycles. The minimum atomic E-state index is -0.752. The molecule has 9 heteroatoms. The second-order valence-corrected chi connectivity index (χ2v) is 8.20. The van der Waals surface area contributed by atoms with E-state index in [1.54, 1.807) is 4.90 Å². The molecule has 0 bridgehead atoms. The van der Waals surface area contributed by atoms with Gasteiger partial charge in [0, 0.05) is 25.7 Å². The molecule has 0 saturated carbocycles. The summed E-state index contributed by atoms with van der Waals surface area (Å²) < 4.78 is 1.22. The zero-order valence-corrected chi connectivity index (χ0v) is 18.4. The first-order valence-electron chi connectivity index (χ1n) is 10.6. The van der Waals surface area contributed by atoms with Crippen LogP contribution in [0.1, 0.15) is 17.5 Å². The fourth-order valence-electron chi connectivity index (χ4n) is 4.06. The molecule has 1 aliphatic heterocycles. The number of carbonyl (C=O) groups is 2. The Bertz CT molecular complexity index is 1310. The van der Waals surface area contributed by atoms with Gasteiger partial charge in [-0.25, -0.2) is 4.79 Å². The largest absolute Gasteiger partial charge is 0.383 e. The van der Waals surface area contributed by atoms with Gasteiger partial charge >= 0.3 is 5.69 Å². The van der Waals surface area contributed by atoms with Crippen LogP contribution in [0.4, 0.5) is 17.2 Å². The number of amides is 2. The highest BCUT2D eigenvalue weighted by Crippen LogP contribution is 2.28. The number of aryl methyl sites for hydroxylation is 1. The molecule has 1 aliphatic rings. The average molecular weight is 447 g/mol. The zero-order chi connectivity index (χ0) is 23.7. The molecular weight excluding hydrogens is 422 g/mol. The van der Waals surface area contributed by atoms with Crippen LogP contribution in [0.5, 0.6) is 0 Å². The molecule has 2 amide bonds. The van der Waals surface area contributed by atoms with Crippen molar-refractivity contribution in [3.8, 4) is 0 Å². The molecule has 33 heavy (non-hydrogen) atoms. The molecule has 0 aliphatic carbocycles. The predicted molar refractivity (Wildman–Crippen MR) is 126 cm³/mol. The number of nitrogens with one attached hydrogen (secondary N) is 1. The van der Waals surface area contributed by atoms with E-state index in [4.69, 9.17) is 5.73 Å². The van der Waals surface area contributed by atoms with Crippen LogP contribution in [0.2, 0.25) is 0 Å². The van der Waals surface area contributed by atoms with Gasteiger partial charge in [-0.15, -0.1) is 0 Å². The van der Waals surface area contributed by atoms with E-state index in [0.29, 0.717) is 0 Å². The van der Waals surface area contributed by atoms with Crippen molar-refractivity contribution in [2.24, 2.45) is 5.92 Å². The van der Waals surface area contributed by atoms with E-state index in [0.717, 1.165) is 21.7 Å². The Morgan fingerprint density at radius 2 is 1.76 bits per heavy atom. The van der Waals surface area contributed by atoms with Crippen LogP contribution in [-0.4, -0.2) is 35.0 Å². The van der Waals surface area contributed by atoms with E-state index >= 15 is 0 Å². The summed E-state index contributed by atoms with van der Waals surface area (Å²) >= 11 is 0. The number of nitrogens with zero attached hydrogens (tertiary/aromatic N) is 3. The third-order valence-corrected chi connectivity index (χ3v) is 5.88. The average Bonchev–Trinajstić information content (AvgIpc) is 3.18. The molecule has 9 nitrogen and oxygen atoms in total. The molecule has 4 rings (SSSR count). The number of rotatable bonds is 5. The highest BCUT2D eigenvalue weighted by molar-refractivity contribution is 6.04. The summed E-state index contributed by atoms with van der Waals surface area (Å²) in [6, 6.07) is 16.7. The third kappa shape index (κ3) is 4.30. The van der Waals surface area contributed by atoms with Crippen molar-refractivity contribution in [3.05, 3.63) is 86.6 Å². The maximum atomic E-state index is 13.2. The molecule has 1 saturated heterocycles. The second-order valence-electron chi connectivity index (χ2n) is 8.20. The van der Waals surface area contributed by atoms with Crippen LogP contribution in [0, 0.1) is 12.8 Å². The number of carbonyl (C=O) groups excluding carboxylic acids is 2. The van der Waals surface area contributed by atoms with Crippen molar-refractivity contribution in [1.29, 1.82) is 0 Å². The fourth-order valence-corrected chi connectivity index (χ4v) is 4.06. The Morgan fingerprint density at radius 1 is 1.09 bits per heavy atom. The summed E-state index contributed by atoms with van der Waals surface area (Å²) in [6.07, 6.45) is 0.0263. The minimum absolute atomic E-state index is 0.0263. The molecule has 0 radical (unpaired) electrons. The lowest BCUT2D eigenvalue weighted by molar-refractivity contribution is -0.124. The zero-order valence-electron chi connectivity index (χ0n) is 18.4. The number of nitrogens with two attached hydrogens (primary N) is 1. The lowest BCUT2D eigenvalue weighted by Gasteiger charge is -2.23. The Hall–Kier alpha value is -4.14. The third-order valence-electron chi connectivity index (χ3n) is 5.88.